The molecule has 2 aromatic rings. The Labute approximate surface area is 102 Å². The Morgan fingerprint density at radius 1 is 1.22 bits per heavy atom. The molecule has 0 saturated carbocycles. The van der Waals surface area contributed by atoms with Gasteiger partial charge in [0.15, 0.2) is 0 Å². The molecule has 1 aromatic heterocycles. The second-order valence-electron chi connectivity index (χ2n) is 3.53. The van der Waals surface area contributed by atoms with Gasteiger partial charge in [-0.1, -0.05) is 18.2 Å². The molecule has 0 atom stereocenters. The van der Waals surface area contributed by atoms with Crippen LogP contribution in [0.25, 0.3) is 0 Å². The van der Waals surface area contributed by atoms with E-state index < -0.39 is 0 Å². The molecule has 7 nitrogen and oxygen atoms in total. The van der Waals surface area contributed by atoms with Crippen molar-refractivity contribution in [1.82, 2.24) is 20.6 Å². The molecule has 0 spiro atoms. The maximum absolute atomic E-state index is 11.7. The highest BCUT2D eigenvalue weighted by molar-refractivity contribution is 5.94. The van der Waals surface area contributed by atoms with Crippen LogP contribution in [0.2, 0.25) is 0 Å². The number of aromatic nitrogens is 3. The molecule has 0 bridgehead atoms. The number of H-pyrrole nitrogens is 1. The standard InChI is InChI=1S/C11H11N5O2/c1-7-9(17)12-11(15-13-7)16-14-10(18)8-5-3-2-4-6-8/h2-6H,1H3,(H,14,18)(H2,12,15,16,17). The fourth-order valence-corrected chi connectivity index (χ4v) is 1.23. The summed E-state index contributed by atoms with van der Waals surface area (Å²) < 4.78 is 0. The van der Waals surface area contributed by atoms with E-state index in [2.05, 4.69) is 26.0 Å². The van der Waals surface area contributed by atoms with Crippen molar-refractivity contribution in [2.75, 3.05) is 5.43 Å². The largest absolute Gasteiger partial charge is 0.288 e. The molecule has 7 heteroatoms. The molecule has 18 heavy (non-hydrogen) atoms. The van der Waals surface area contributed by atoms with Gasteiger partial charge in [0.25, 0.3) is 11.5 Å². The van der Waals surface area contributed by atoms with Crippen LogP contribution in [0.4, 0.5) is 5.95 Å². The van der Waals surface area contributed by atoms with Crippen LogP contribution in [0.3, 0.4) is 0 Å². The molecule has 0 aliphatic carbocycles. The van der Waals surface area contributed by atoms with Gasteiger partial charge in [-0.25, -0.2) is 0 Å². The van der Waals surface area contributed by atoms with E-state index in [9.17, 15) is 9.59 Å². The summed E-state index contributed by atoms with van der Waals surface area (Å²) in [6.45, 7) is 1.54. The number of nitrogens with zero attached hydrogens (tertiary/aromatic N) is 2. The highest BCUT2D eigenvalue weighted by Gasteiger charge is 2.04. The number of carbonyl (C=O) groups excluding carboxylic acids is 1. The fourth-order valence-electron chi connectivity index (χ4n) is 1.23. The minimum absolute atomic E-state index is 0.0786. The van der Waals surface area contributed by atoms with Gasteiger partial charge in [-0.05, 0) is 19.1 Å². The van der Waals surface area contributed by atoms with Gasteiger partial charge < -0.3 is 0 Å². The molecule has 2 rings (SSSR count). The predicted molar refractivity (Wildman–Crippen MR) is 64.9 cm³/mol. The number of benzene rings is 1. The normalized spacial score (nSPS) is 9.83. The van der Waals surface area contributed by atoms with E-state index in [1.807, 2.05) is 6.07 Å². The Bertz CT molecular complexity index is 608. The van der Waals surface area contributed by atoms with E-state index in [1.54, 1.807) is 24.3 Å². The first-order chi connectivity index (χ1) is 8.66. The summed E-state index contributed by atoms with van der Waals surface area (Å²) >= 11 is 0. The smallest absolute Gasteiger partial charge is 0.274 e. The van der Waals surface area contributed by atoms with Crippen LogP contribution in [-0.2, 0) is 0 Å². The van der Waals surface area contributed by atoms with Gasteiger partial charge in [0, 0.05) is 5.56 Å². The number of aryl methyl sites for hydroxylation is 1. The van der Waals surface area contributed by atoms with E-state index in [0.717, 1.165) is 0 Å². The number of hydrazine groups is 1. The van der Waals surface area contributed by atoms with E-state index in [1.165, 1.54) is 6.92 Å². The van der Waals surface area contributed by atoms with Crippen LogP contribution >= 0.6 is 0 Å². The minimum atomic E-state index is -0.360. The molecule has 1 aromatic carbocycles. The third-order valence-corrected chi connectivity index (χ3v) is 2.19. The van der Waals surface area contributed by atoms with E-state index in [0.29, 0.717) is 5.56 Å². The minimum Gasteiger partial charge on any atom is -0.288 e. The zero-order valence-corrected chi connectivity index (χ0v) is 9.60. The van der Waals surface area contributed by atoms with E-state index in [4.69, 9.17) is 0 Å². The number of amides is 1. The van der Waals surface area contributed by atoms with Gasteiger partial charge in [-0.15, -0.1) is 10.2 Å². The highest BCUT2D eigenvalue weighted by Crippen LogP contribution is 1.97. The number of nitrogens with one attached hydrogen (secondary N) is 3. The van der Waals surface area contributed by atoms with Gasteiger partial charge in [0.1, 0.15) is 5.69 Å². The zero-order valence-electron chi connectivity index (χ0n) is 9.60. The quantitative estimate of drug-likeness (QED) is 0.672. The molecular formula is C11H11N5O2. The molecule has 1 amide bonds. The molecular weight excluding hydrogens is 234 g/mol. The van der Waals surface area contributed by atoms with Crippen LogP contribution in [-0.4, -0.2) is 21.1 Å². The van der Waals surface area contributed by atoms with Gasteiger partial charge in [-0.3, -0.25) is 25.4 Å². The van der Waals surface area contributed by atoms with E-state index >= 15 is 0 Å². The van der Waals surface area contributed by atoms with Crippen molar-refractivity contribution in [2.24, 2.45) is 0 Å². The van der Waals surface area contributed by atoms with Crippen LogP contribution in [0, 0.1) is 6.92 Å². The Balaban J connectivity index is 2.02. The number of carbonyl (C=O) groups is 1. The number of rotatable bonds is 3. The third kappa shape index (κ3) is 2.70. The molecule has 0 aliphatic rings. The van der Waals surface area contributed by atoms with Gasteiger partial charge in [0.2, 0.25) is 5.95 Å². The summed E-state index contributed by atoms with van der Waals surface area (Å²) in [6, 6.07) is 8.65. The highest BCUT2D eigenvalue weighted by atomic mass is 16.2. The maximum atomic E-state index is 11.7. The Kier molecular flexibility index (Phi) is 3.33. The van der Waals surface area contributed by atoms with Gasteiger partial charge >= 0.3 is 0 Å². The Hall–Kier alpha value is -2.70. The average Bonchev–Trinajstić information content (AvgIpc) is 2.41. The summed E-state index contributed by atoms with van der Waals surface area (Å²) in [6.07, 6.45) is 0. The summed E-state index contributed by atoms with van der Waals surface area (Å²) in [5.74, 6) is -0.256. The molecule has 92 valence electrons. The molecule has 0 fully saturated rings. The molecule has 0 unspecified atom stereocenters. The molecule has 0 radical (unpaired) electrons. The van der Waals surface area contributed by atoms with Crippen LogP contribution in [0.5, 0.6) is 0 Å². The van der Waals surface area contributed by atoms with Crippen molar-refractivity contribution in [2.45, 2.75) is 6.92 Å². The number of hydrogen-bond donors (Lipinski definition) is 3. The summed E-state index contributed by atoms with van der Waals surface area (Å²) in [7, 11) is 0. The second-order valence-corrected chi connectivity index (χ2v) is 3.53. The molecule has 1 heterocycles. The Morgan fingerprint density at radius 2 is 1.94 bits per heavy atom. The topological polar surface area (TPSA) is 99.8 Å². The second kappa shape index (κ2) is 5.09. The van der Waals surface area contributed by atoms with Crippen molar-refractivity contribution in [3.8, 4) is 0 Å². The van der Waals surface area contributed by atoms with Gasteiger partial charge in [-0.2, -0.15) is 0 Å². The van der Waals surface area contributed by atoms with Crippen molar-refractivity contribution in [3.05, 3.63) is 51.9 Å². The average molecular weight is 245 g/mol. The molecule has 3 N–H and O–H groups in total. The summed E-state index contributed by atoms with van der Waals surface area (Å²) in [4.78, 5) is 25.3. The van der Waals surface area contributed by atoms with Crippen molar-refractivity contribution in [3.63, 3.8) is 0 Å². The first-order valence-electron chi connectivity index (χ1n) is 5.22. The maximum Gasteiger partial charge on any atom is 0.274 e. The number of anilines is 1. The van der Waals surface area contributed by atoms with E-state index in [-0.39, 0.29) is 23.1 Å². The SMILES string of the molecule is Cc1nnc(NNC(=O)c2ccccc2)[nH]c1=O. The van der Waals surface area contributed by atoms with Crippen molar-refractivity contribution >= 4 is 11.9 Å². The Morgan fingerprint density at radius 3 is 2.61 bits per heavy atom. The number of aromatic amines is 1. The summed E-state index contributed by atoms with van der Waals surface area (Å²) in [5, 5.41) is 7.30. The van der Waals surface area contributed by atoms with Crippen LogP contribution < -0.4 is 16.4 Å². The van der Waals surface area contributed by atoms with Crippen molar-refractivity contribution in [1.29, 1.82) is 0 Å². The zero-order chi connectivity index (χ0) is 13.0. The van der Waals surface area contributed by atoms with Crippen LogP contribution in [0.1, 0.15) is 16.1 Å². The monoisotopic (exact) mass is 245 g/mol. The third-order valence-electron chi connectivity index (χ3n) is 2.19. The lowest BCUT2D eigenvalue weighted by Crippen LogP contribution is -2.31. The lowest BCUT2D eigenvalue weighted by atomic mass is 10.2. The van der Waals surface area contributed by atoms with Crippen molar-refractivity contribution < 1.29 is 4.79 Å². The van der Waals surface area contributed by atoms with Gasteiger partial charge in [0.05, 0.1) is 0 Å². The summed E-state index contributed by atoms with van der Waals surface area (Å²) in [5.41, 5.74) is 5.28. The lowest BCUT2D eigenvalue weighted by molar-refractivity contribution is 0.0962. The molecule has 0 aliphatic heterocycles. The molecule has 0 saturated heterocycles. The number of hydrogen-bond acceptors (Lipinski definition) is 5. The van der Waals surface area contributed by atoms with Crippen LogP contribution in [0.15, 0.2) is 35.1 Å². The first-order valence-corrected chi connectivity index (χ1v) is 5.22. The fraction of sp³-hybridized carbons (Fsp3) is 0.0909. The first kappa shape index (κ1) is 11.8. The predicted octanol–water partition coefficient (Wildman–Crippen LogP) is 0.230. The lowest BCUT2D eigenvalue weighted by Gasteiger charge is -2.06.